The number of aliphatic hydroxyl groups is 2. The number of ether oxygens (including phenoxy) is 1. The molecule has 0 aliphatic carbocycles. The van der Waals surface area contributed by atoms with Gasteiger partial charge in [0.25, 0.3) is 17.8 Å². The van der Waals surface area contributed by atoms with E-state index in [2.05, 4.69) is 25.2 Å². The molecule has 0 saturated carbocycles. The van der Waals surface area contributed by atoms with Gasteiger partial charge in [0.2, 0.25) is 5.88 Å². The van der Waals surface area contributed by atoms with E-state index in [-0.39, 0.29) is 56.6 Å². The highest BCUT2D eigenvalue weighted by Gasteiger charge is 2.34. The summed E-state index contributed by atoms with van der Waals surface area (Å²) in [4.78, 5) is 42.4. The Kier molecular flexibility index (Phi) is 8.80. The fourth-order valence-electron chi connectivity index (χ4n) is 5.04. The third-order valence-electron chi connectivity index (χ3n) is 7.29. The molecule has 5 aromatic rings. The Morgan fingerprint density at radius 1 is 0.778 bits per heavy atom. The molecule has 228 valence electrons. The number of nitrogens with zero attached hydrogens (tertiary/aromatic N) is 8. The summed E-state index contributed by atoms with van der Waals surface area (Å²) in [5.74, 6) is -0.411. The minimum absolute atomic E-state index is 0.0369. The van der Waals surface area contributed by atoms with Gasteiger partial charge in [-0.3, -0.25) is 14.5 Å². The second-order valence-corrected chi connectivity index (χ2v) is 10.2. The number of carbonyl (C=O) groups is 2. The summed E-state index contributed by atoms with van der Waals surface area (Å²) in [5.41, 5.74) is 3.91. The molecule has 1 aliphatic rings. The quantitative estimate of drug-likeness (QED) is 0.150. The van der Waals surface area contributed by atoms with Crippen LogP contribution in [0.4, 0.5) is 17.3 Å². The van der Waals surface area contributed by atoms with Crippen molar-refractivity contribution >= 4 is 40.3 Å². The Labute approximate surface area is 258 Å². The standard InChI is InChI=1S/C32H30N8O5/c41-18-16-38(17-19-42)24-12-10-23(11-13-24)36-37-32-34-28-27(29(35-32)45-20-22-6-2-1-3-7-22)33-21-39(28)14-15-40-30(43)25-8-4-5-9-26(25)31(40)44/h1-13,21,41-42H,14-20H2/b37-36+. The second-order valence-electron chi connectivity index (χ2n) is 10.2. The second kappa shape index (κ2) is 13.4. The van der Waals surface area contributed by atoms with Crippen LogP contribution >= 0.6 is 0 Å². The van der Waals surface area contributed by atoms with Gasteiger partial charge in [0.05, 0.1) is 36.4 Å². The Hall–Kier alpha value is -5.53. The molecular weight excluding hydrogens is 576 g/mol. The third kappa shape index (κ3) is 6.39. The van der Waals surface area contributed by atoms with Crippen LogP contribution in [0.2, 0.25) is 0 Å². The Balaban J connectivity index is 1.26. The number of azo groups is 1. The molecule has 2 N–H and O–H groups in total. The number of carbonyl (C=O) groups excluding carboxylic acids is 2. The molecule has 0 fully saturated rings. The molecule has 45 heavy (non-hydrogen) atoms. The number of imide groups is 1. The number of hydrogen-bond acceptors (Lipinski definition) is 11. The number of fused-ring (bicyclic) bond motifs is 2. The van der Waals surface area contributed by atoms with Crippen LogP contribution in [0.15, 0.2) is 95.4 Å². The minimum atomic E-state index is -0.335. The van der Waals surface area contributed by atoms with Crippen LogP contribution in [-0.2, 0) is 13.2 Å². The van der Waals surface area contributed by atoms with Crippen molar-refractivity contribution in [3.8, 4) is 5.88 Å². The first-order valence-corrected chi connectivity index (χ1v) is 14.4. The average molecular weight is 607 g/mol. The summed E-state index contributed by atoms with van der Waals surface area (Å²) in [6.45, 7) is 1.31. The molecule has 0 spiro atoms. The minimum Gasteiger partial charge on any atom is -0.471 e. The number of aromatic nitrogens is 4. The number of anilines is 1. The molecule has 2 aromatic heterocycles. The van der Waals surface area contributed by atoms with Gasteiger partial charge >= 0.3 is 0 Å². The van der Waals surface area contributed by atoms with E-state index in [9.17, 15) is 19.8 Å². The van der Waals surface area contributed by atoms with Crippen molar-refractivity contribution in [2.24, 2.45) is 10.2 Å². The maximum absolute atomic E-state index is 12.9. The van der Waals surface area contributed by atoms with E-state index in [0.29, 0.717) is 41.1 Å². The maximum Gasteiger partial charge on any atom is 0.274 e. The highest BCUT2D eigenvalue weighted by molar-refractivity contribution is 6.21. The summed E-state index contributed by atoms with van der Waals surface area (Å²) in [5, 5.41) is 27.2. The lowest BCUT2D eigenvalue weighted by atomic mass is 10.1. The fourth-order valence-corrected chi connectivity index (χ4v) is 5.04. The Morgan fingerprint density at radius 3 is 2.11 bits per heavy atom. The van der Waals surface area contributed by atoms with Gasteiger partial charge in [-0.2, -0.15) is 9.97 Å². The molecule has 0 atom stereocenters. The zero-order chi connectivity index (χ0) is 31.2. The molecular formula is C32H30N8O5. The SMILES string of the molecule is O=C1c2ccccc2C(=O)N1CCn1cnc2c(OCc3ccccc3)nc(/N=N/c3ccc(N(CCO)CCO)cc3)nc21. The van der Waals surface area contributed by atoms with Crippen LogP contribution in [-0.4, -0.2) is 79.3 Å². The van der Waals surface area contributed by atoms with Gasteiger partial charge in [-0.1, -0.05) is 42.5 Å². The molecule has 1 aliphatic heterocycles. The van der Waals surface area contributed by atoms with Crippen LogP contribution in [0.25, 0.3) is 11.2 Å². The summed E-state index contributed by atoms with van der Waals surface area (Å²) in [6.07, 6.45) is 1.57. The molecule has 3 heterocycles. The van der Waals surface area contributed by atoms with Gasteiger partial charge in [0.15, 0.2) is 11.2 Å². The first-order valence-electron chi connectivity index (χ1n) is 14.4. The maximum atomic E-state index is 12.9. The summed E-state index contributed by atoms with van der Waals surface area (Å²) >= 11 is 0. The van der Waals surface area contributed by atoms with Crippen LogP contribution in [0.5, 0.6) is 5.88 Å². The molecule has 0 radical (unpaired) electrons. The number of amides is 2. The van der Waals surface area contributed by atoms with E-state index in [1.807, 2.05) is 47.4 Å². The van der Waals surface area contributed by atoms with Crippen LogP contribution in [0, 0.1) is 0 Å². The van der Waals surface area contributed by atoms with E-state index in [1.165, 1.54) is 4.90 Å². The molecule has 2 amide bonds. The first kappa shape index (κ1) is 29.5. The lowest BCUT2D eigenvalue weighted by Crippen LogP contribution is -2.32. The normalized spacial score (nSPS) is 12.8. The highest BCUT2D eigenvalue weighted by Crippen LogP contribution is 2.28. The van der Waals surface area contributed by atoms with Gasteiger partial charge in [-0.25, -0.2) is 4.98 Å². The third-order valence-corrected chi connectivity index (χ3v) is 7.29. The largest absolute Gasteiger partial charge is 0.471 e. The van der Waals surface area contributed by atoms with Gasteiger partial charge in [-0.15, -0.1) is 10.2 Å². The van der Waals surface area contributed by atoms with Crippen molar-refractivity contribution in [1.82, 2.24) is 24.4 Å². The Morgan fingerprint density at radius 2 is 1.44 bits per heavy atom. The molecule has 6 rings (SSSR count). The molecule has 0 saturated heterocycles. The van der Waals surface area contributed by atoms with Gasteiger partial charge in [0.1, 0.15) is 6.61 Å². The smallest absolute Gasteiger partial charge is 0.274 e. The first-order chi connectivity index (χ1) is 22.1. The van der Waals surface area contributed by atoms with Crippen LogP contribution in [0.3, 0.4) is 0 Å². The van der Waals surface area contributed by atoms with E-state index in [4.69, 9.17) is 4.74 Å². The number of imidazole rings is 1. The topological polar surface area (TPSA) is 159 Å². The zero-order valence-electron chi connectivity index (χ0n) is 24.2. The monoisotopic (exact) mass is 606 g/mol. The zero-order valence-corrected chi connectivity index (χ0v) is 24.2. The van der Waals surface area contributed by atoms with Crippen molar-refractivity contribution in [1.29, 1.82) is 0 Å². The van der Waals surface area contributed by atoms with E-state index in [0.717, 1.165) is 11.3 Å². The van der Waals surface area contributed by atoms with Crippen molar-refractivity contribution in [3.63, 3.8) is 0 Å². The van der Waals surface area contributed by atoms with E-state index >= 15 is 0 Å². The summed E-state index contributed by atoms with van der Waals surface area (Å²) in [7, 11) is 0. The van der Waals surface area contributed by atoms with Gasteiger partial charge in [0, 0.05) is 31.9 Å². The number of benzene rings is 3. The lowest BCUT2D eigenvalue weighted by molar-refractivity contribution is 0.0649. The van der Waals surface area contributed by atoms with Crippen molar-refractivity contribution < 1.29 is 24.5 Å². The molecule has 13 heteroatoms. The van der Waals surface area contributed by atoms with Crippen LogP contribution in [0.1, 0.15) is 26.3 Å². The van der Waals surface area contributed by atoms with Crippen molar-refractivity contribution in [2.75, 3.05) is 37.7 Å². The lowest BCUT2D eigenvalue weighted by Gasteiger charge is -2.22. The molecule has 0 unspecified atom stereocenters. The Bertz CT molecular complexity index is 1800. The predicted molar refractivity (Wildman–Crippen MR) is 165 cm³/mol. The molecule has 13 nitrogen and oxygen atoms in total. The number of aliphatic hydroxyl groups excluding tert-OH is 2. The average Bonchev–Trinajstić information content (AvgIpc) is 3.59. The summed E-state index contributed by atoms with van der Waals surface area (Å²) in [6, 6.07) is 23.6. The molecule has 0 bridgehead atoms. The summed E-state index contributed by atoms with van der Waals surface area (Å²) < 4.78 is 7.78. The van der Waals surface area contributed by atoms with Crippen molar-refractivity contribution in [3.05, 3.63) is 102 Å². The predicted octanol–water partition coefficient (Wildman–Crippen LogP) is 3.91. The van der Waals surface area contributed by atoms with E-state index in [1.54, 1.807) is 47.3 Å². The van der Waals surface area contributed by atoms with E-state index < -0.39 is 0 Å². The highest BCUT2D eigenvalue weighted by atomic mass is 16.5. The van der Waals surface area contributed by atoms with Crippen LogP contribution < -0.4 is 9.64 Å². The van der Waals surface area contributed by atoms with Gasteiger partial charge in [-0.05, 0) is 42.0 Å². The number of hydrogen-bond donors (Lipinski definition) is 2. The van der Waals surface area contributed by atoms with Crippen molar-refractivity contribution in [2.45, 2.75) is 13.2 Å². The van der Waals surface area contributed by atoms with Gasteiger partial charge < -0.3 is 24.4 Å². The fraction of sp³-hybridized carbons (Fsp3) is 0.219. The number of rotatable bonds is 13. The molecule has 3 aromatic carbocycles.